The Hall–Kier alpha value is -9.71. The second-order valence-corrected chi connectivity index (χ2v) is 19.8. The van der Waals surface area contributed by atoms with E-state index in [-0.39, 0.29) is 5.92 Å². The van der Waals surface area contributed by atoms with Crippen molar-refractivity contribution in [2.24, 2.45) is 0 Å². The van der Waals surface area contributed by atoms with Crippen LogP contribution in [0.4, 0.5) is 0 Å². The molecule has 3 heterocycles. The molecule has 0 bridgehead atoms. The van der Waals surface area contributed by atoms with E-state index in [2.05, 4.69) is 241 Å². The van der Waals surface area contributed by atoms with Crippen molar-refractivity contribution in [2.75, 3.05) is 0 Å². The fourth-order valence-corrected chi connectivity index (χ4v) is 12.4. The van der Waals surface area contributed by atoms with E-state index in [1.54, 1.807) is 0 Å². The molecular weight excluding hydrogens is 901 g/mol. The van der Waals surface area contributed by atoms with Crippen LogP contribution in [0.2, 0.25) is 0 Å². The summed E-state index contributed by atoms with van der Waals surface area (Å²) in [6, 6.07) is 85.3. The van der Waals surface area contributed by atoms with Crippen molar-refractivity contribution >= 4 is 86.8 Å². The molecule has 74 heavy (non-hydrogen) atoms. The monoisotopic (exact) mass is 942 g/mol. The smallest absolute Gasteiger partial charge is 0.166 e. The third-order valence-corrected chi connectivity index (χ3v) is 15.8. The van der Waals surface area contributed by atoms with Crippen LogP contribution in [0.5, 0.6) is 0 Å². The minimum absolute atomic E-state index is 0.214. The normalized spacial score (nSPS) is 13.5. The number of benzene rings is 12. The van der Waals surface area contributed by atoms with Crippen LogP contribution in [0.3, 0.4) is 0 Å². The van der Waals surface area contributed by atoms with Crippen molar-refractivity contribution in [1.82, 2.24) is 19.5 Å². The van der Waals surface area contributed by atoms with Crippen LogP contribution < -0.4 is 0 Å². The summed E-state index contributed by atoms with van der Waals surface area (Å²) in [5, 5.41) is 13.7. The molecule has 344 valence electrons. The van der Waals surface area contributed by atoms with Gasteiger partial charge in [0, 0.05) is 44.2 Å². The van der Waals surface area contributed by atoms with Crippen molar-refractivity contribution in [3.05, 3.63) is 253 Å². The van der Waals surface area contributed by atoms with Gasteiger partial charge in [0.2, 0.25) is 0 Å². The molecule has 0 radical (unpaired) electrons. The second-order valence-electron chi connectivity index (χ2n) is 19.8. The van der Waals surface area contributed by atoms with Gasteiger partial charge in [-0.1, -0.05) is 194 Å². The molecule has 5 heteroatoms. The molecule has 0 spiro atoms. The van der Waals surface area contributed by atoms with Crippen LogP contribution in [0.1, 0.15) is 22.6 Å². The van der Waals surface area contributed by atoms with E-state index in [9.17, 15) is 0 Å². The van der Waals surface area contributed by atoms with Gasteiger partial charge in [0.15, 0.2) is 23.1 Å². The topological polar surface area (TPSA) is 56.7 Å². The molecule has 5 nitrogen and oxygen atoms in total. The van der Waals surface area contributed by atoms with Crippen molar-refractivity contribution in [1.29, 1.82) is 0 Å². The van der Waals surface area contributed by atoms with Gasteiger partial charge in [-0.3, -0.25) is 0 Å². The van der Waals surface area contributed by atoms with Crippen LogP contribution in [-0.2, 0) is 6.42 Å². The summed E-state index contributed by atoms with van der Waals surface area (Å²) in [5.41, 5.74) is 13.8. The highest BCUT2D eigenvalue weighted by Gasteiger charge is 2.29. The van der Waals surface area contributed by atoms with E-state index in [1.807, 2.05) is 0 Å². The van der Waals surface area contributed by atoms with Crippen LogP contribution in [0.25, 0.3) is 138 Å². The number of fused-ring (bicyclic) bond motifs is 15. The highest BCUT2D eigenvalue weighted by atomic mass is 16.3. The van der Waals surface area contributed by atoms with Crippen molar-refractivity contribution < 1.29 is 4.42 Å². The molecule has 15 aromatic rings. The first-order valence-corrected chi connectivity index (χ1v) is 25.4. The summed E-state index contributed by atoms with van der Waals surface area (Å²) in [6.45, 7) is 0. The fraction of sp³-hybridized carbons (Fsp3) is 0.0290. The van der Waals surface area contributed by atoms with E-state index in [0.717, 1.165) is 94.1 Å². The van der Waals surface area contributed by atoms with Gasteiger partial charge in [-0.15, -0.1) is 0 Å². The summed E-state index contributed by atoms with van der Waals surface area (Å²) in [6.07, 6.45) is 0.858. The first-order chi connectivity index (χ1) is 36.7. The third kappa shape index (κ3) is 6.14. The Morgan fingerprint density at radius 1 is 0.378 bits per heavy atom. The molecule has 0 N–H and O–H groups in total. The summed E-state index contributed by atoms with van der Waals surface area (Å²) < 4.78 is 9.71. The van der Waals surface area contributed by atoms with Crippen LogP contribution >= 0.6 is 0 Å². The molecule has 1 unspecified atom stereocenters. The van der Waals surface area contributed by atoms with Gasteiger partial charge in [0.25, 0.3) is 0 Å². The van der Waals surface area contributed by atoms with Crippen molar-refractivity contribution in [3.8, 4) is 51.0 Å². The van der Waals surface area contributed by atoms with Gasteiger partial charge in [-0.05, 0) is 120 Å². The van der Waals surface area contributed by atoms with Crippen LogP contribution in [0.15, 0.2) is 241 Å². The fourth-order valence-electron chi connectivity index (χ4n) is 12.4. The van der Waals surface area contributed by atoms with Gasteiger partial charge < -0.3 is 8.98 Å². The summed E-state index contributed by atoms with van der Waals surface area (Å²) in [4.78, 5) is 16.7. The zero-order chi connectivity index (χ0) is 48.4. The Morgan fingerprint density at radius 3 is 1.80 bits per heavy atom. The van der Waals surface area contributed by atoms with Crippen LogP contribution in [0, 0.1) is 0 Å². The predicted molar refractivity (Wildman–Crippen MR) is 305 cm³/mol. The highest BCUT2D eigenvalue weighted by molar-refractivity contribution is 6.25. The van der Waals surface area contributed by atoms with Gasteiger partial charge in [0.1, 0.15) is 11.3 Å². The molecule has 0 saturated heterocycles. The van der Waals surface area contributed by atoms with Crippen molar-refractivity contribution in [3.63, 3.8) is 0 Å². The molecule has 1 aliphatic carbocycles. The molecule has 0 fully saturated rings. The largest absolute Gasteiger partial charge is 0.454 e. The average molecular weight is 943 g/mol. The van der Waals surface area contributed by atoms with Gasteiger partial charge in [-0.25, -0.2) is 15.0 Å². The zero-order valence-electron chi connectivity index (χ0n) is 40.0. The van der Waals surface area contributed by atoms with Gasteiger partial charge in [-0.2, -0.15) is 0 Å². The summed E-state index contributed by atoms with van der Waals surface area (Å²) >= 11 is 0. The zero-order valence-corrected chi connectivity index (χ0v) is 40.0. The highest BCUT2D eigenvalue weighted by Crippen LogP contribution is 2.48. The Bertz CT molecular complexity index is 4830. The van der Waals surface area contributed by atoms with Gasteiger partial charge in [0.05, 0.1) is 11.0 Å². The van der Waals surface area contributed by atoms with Crippen LogP contribution in [-0.4, -0.2) is 19.5 Å². The number of rotatable bonds is 5. The van der Waals surface area contributed by atoms with E-state index in [1.165, 1.54) is 49.4 Å². The molecular formula is C69H42N4O. The molecule has 3 aromatic heterocycles. The molecule has 1 aliphatic rings. The number of nitrogens with zero attached hydrogens (tertiary/aromatic N) is 4. The molecule has 0 amide bonds. The van der Waals surface area contributed by atoms with E-state index < -0.39 is 0 Å². The number of furan rings is 1. The molecule has 0 saturated carbocycles. The minimum atomic E-state index is 0.214. The Morgan fingerprint density at radius 2 is 0.986 bits per heavy atom. The number of hydrogen-bond donors (Lipinski definition) is 0. The molecule has 0 aliphatic heterocycles. The first kappa shape index (κ1) is 41.0. The maximum atomic E-state index is 7.28. The average Bonchev–Trinajstić information content (AvgIpc) is 4.01. The predicted octanol–water partition coefficient (Wildman–Crippen LogP) is 17.8. The second kappa shape index (κ2) is 15.9. The lowest BCUT2D eigenvalue weighted by Gasteiger charge is -2.28. The van der Waals surface area contributed by atoms with E-state index in [0.29, 0.717) is 17.5 Å². The maximum absolute atomic E-state index is 7.28. The lowest BCUT2D eigenvalue weighted by Crippen LogP contribution is -2.13. The van der Waals surface area contributed by atoms with E-state index >= 15 is 0 Å². The molecule has 12 aromatic carbocycles. The van der Waals surface area contributed by atoms with E-state index in [4.69, 9.17) is 19.4 Å². The molecule has 16 rings (SSSR count). The lowest BCUT2D eigenvalue weighted by atomic mass is 9.75. The third-order valence-electron chi connectivity index (χ3n) is 15.8. The molecule has 1 atom stereocenters. The summed E-state index contributed by atoms with van der Waals surface area (Å²) in [5.74, 6) is 1.98. The number of hydrogen-bond acceptors (Lipinski definition) is 4. The summed E-state index contributed by atoms with van der Waals surface area (Å²) in [7, 11) is 0. The quantitative estimate of drug-likeness (QED) is 0.172. The van der Waals surface area contributed by atoms with Gasteiger partial charge >= 0.3 is 0 Å². The Labute approximate surface area is 425 Å². The van der Waals surface area contributed by atoms with Crippen molar-refractivity contribution in [2.45, 2.75) is 12.3 Å². The maximum Gasteiger partial charge on any atom is 0.166 e. The minimum Gasteiger partial charge on any atom is -0.454 e. The Kier molecular flexibility index (Phi) is 8.80. The standard InChI is InChI=1S/C69H42N4O/c1-2-15-42(16-3-1)58-39-48-37-47(29-32-50(48)53-26-12-13-27-54(53)58)67-70-68(55-28-14-22-41-17-6-9-23-49(41)55)72-69(71-67)57-34-33-56-64-52-25-11-8-19-44(52)31-36-62(64)74-66(56)65(57)73-60-35-30-43-18-7-10-24-51(43)63(60)59-38-45-20-4-5-21-46(45)40-61(59)73/h1-38,40,58H,39H2. The number of aromatic nitrogens is 4. The SMILES string of the molecule is c1ccc(C2Cc3cc(-c4nc(-c5ccc6c(oc7ccc8ccccc8c76)c5-n5c6cc7ccccc7cc6c6c7ccccc7ccc65)nc(-c5cccc6ccccc56)n4)ccc3-c3ccccc32)cc1. The Balaban J connectivity index is 1.02. The lowest BCUT2D eigenvalue weighted by molar-refractivity contribution is 0.667. The first-order valence-electron chi connectivity index (χ1n) is 25.4.